The molecule has 3 N–H and O–H groups in total. The molecule has 2 rings (SSSR count). The van der Waals surface area contributed by atoms with E-state index >= 15 is 0 Å². The first-order valence-corrected chi connectivity index (χ1v) is 4.74. The van der Waals surface area contributed by atoms with Crippen molar-refractivity contribution in [2.45, 2.75) is 6.18 Å². The Balaban J connectivity index is 0.000000224. The molecule has 2 aromatic heterocycles. The number of fused-ring (bicyclic) bond motifs is 1. The minimum Gasteiger partial charge on any atom is -0.475 e. The zero-order chi connectivity index (χ0) is 14.6. The minimum atomic E-state index is -5.08. The Kier molecular flexibility index (Phi) is 4.10. The highest BCUT2D eigenvalue weighted by Gasteiger charge is 2.38. The Bertz CT molecular complexity index is 607. The molecule has 0 aliphatic carbocycles. The van der Waals surface area contributed by atoms with E-state index in [1.807, 2.05) is 0 Å². The highest BCUT2D eigenvalue weighted by molar-refractivity contribution is 5.99. The average Bonchev–Trinajstić information content (AvgIpc) is 2.72. The predicted molar refractivity (Wildman–Crippen MR) is 57.4 cm³/mol. The number of rotatable bonds is 1. The summed E-state index contributed by atoms with van der Waals surface area (Å²) in [6.07, 6.45) is 1.72. The van der Waals surface area contributed by atoms with Gasteiger partial charge in [0.25, 0.3) is 5.91 Å². The van der Waals surface area contributed by atoms with Crippen LogP contribution in [0.15, 0.2) is 30.9 Å². The summed E-state index contributed by atoms with van der Waals surface area (Å²) in [5, 5.41) is 7.12. The number of aliphatic carboxylic acids is 1. The number of primary amides is 1. The average molecular weight is 275 g/mol. The molecule has 1 amide bonds. The van der Waals surface area contributed by atoms with Crippen LogP contribution in [0, 0.1) is 0 Å². The molecular weight excluding hydrogens is 267 g/mol. The molecule has 102 valence electrons. The Labute approximate surface area is 104 Å². The predicted octanol–water partition coefficient (Wildman–Crippen LogP) is 1.07. The molecule has 0 radical (unpaired) electrons. The van der Waals surface area contributed by atoms with E-state index < -0.39 is 18.1 Å². The number of alkyl halides is 3. The van der Waals surface area contributed by atoms with Crippen LogP contribution < -0.4 is 5.73 Å². The van der Waals surface area contributed by atoms with Crippen LogP contribution in [0.2, 0.25) is 0 Å². The van der Waals surface area contributed by atoms with Gasteiger partial charge >= 0.3 is 12.1 Å². The van der Waals surface area contributed by atoms with Gasteiger partial charge in [0.1, 0.15) is 0 Å². The fourth-order valence-corrected chi connectivity index (χ4v) is 1.16. The van der Waals surface area contributed by atoms with Crippen LogP contribution in [0.4, 0.5) is 13.2 Å². The lowest BCUT2D eigenvalue weighted by Gasteiger charge is -1.93. The van der Waals surface area contributed by atoms with Crippen LogP contribution in [0.5, 0.6) is 0 Å². The summed E-state index contributed by atoms with van der Waals surface area (Å²) in [7, 11) is 0. The third-order valence-corrected chi connectivity index (χ3v) is 1.97. The Morgan fingerprint density at radius 3 is 2.37 bits per heavy atom. The normalized spacial score (nSPS) is 10.7. The smallest absolute Gasteiger partial charge is 0.475 e. The number of nitrogens with zero attached hydrogens (tertiary/aromatic N) is 2. The number of hydrogen-bond donors (Lipinski definition) is 2. The zero-order valence-electron chi connectivity index (χ0n) is 9.26. The quantitative estimate of drug-likeness (QED) is 0.813. The molecule has 0 aliphatic heterocycles. The van der Waals surface area contributed by atoms with Crippen molar-refractivity contribution in [2.75, 3.05) is 0 Å². The number of carbonyl (C=O) groups excluding carboxylic acids is 1. The highest BCUT2D eigenvalue weighted by Crippen LogP contribution is 2.13. The van der Waals surface area contributed by atoms with E-state index in [1.54, 1.807) is 35.3 Å². The molecule has 2 heterocycles. The molecule has 0 unspecified atom stereocenters. The van der Waals surface area contributed by atoms with Gasteiger partial charge < -0.3 is 15.2 Å². The number of nitrogens with two attached hydrogens (primary N) is 1. The van der Waals surface area contributed by atoms with Gasteiger partial charge in [-0.05, 0) is 6.07 Å². The lowest BCUT2D eigenvalue weighted by molar-refractivity contribution is -0.192. The summed E-state index contributed by atoms with van der Waals surface area (Å²) in [5.41, 5.74) is 6.39. The number of aromatic nitrogens is 2. The number of halogens is 3. The number of hydrogen-bond acceptors (Lipinski definition) is 3. The molecule has 0 bridgehead atoms. The summed E-state index contributed by atoms with van der Waals surface area (Å²) in [6, 6.07) is 1.68. The number of amides is 1. The largest absolute Gasteiger partial charge is 0.490 e. The zero-order valence-corrected chi connectivity index (χ0v) is 9.26. The number of carboxylic acid groups (broad SMARTS) is 1. The summed E-state index contributed by atoms with van der Waals surface area (Å²) in [5.74, 6) is -3.18. The molecule has 6 nitrogen and oxygen atoms in total. The van der Waals surface area contributed by atoms with Crippen molar-refractivity contribution in [1.29, 1.82) is 0 Å². The van der Waals surface area contributed by atoms with Gasteiger partial charge in [-0.25, -0.2) is 4.79 Å². The maximum absolute atomic E-state index is 10.9. The van der Waals surface area contributed by atoms with Gasteiger partial charge in [-0.15, -0.1) is 0 Å². The first kappa shape index (κ1) is 14.5. The van der Waals surface area contributed by atoms with E-state index in [2.05, 4.69) is 4.98 Å². The van der Waals surface area contributed by atoms with Crippen LogP contribution in [0.25, 0.3) is 5.52 Å². The summed E-state index contributed by atoms with van der Waals surface area (Å²) < 4.78 is 33.5. The van der Waals surface area contributed by atoms with Crippen molar-refractivity contribution in [3.8, 4) is 0 Å². The topological polar surface area (TPSA) is 97.7 Å². The molecular formula is C10H8F3N3O3. The van der Waals surface area contributed by atoms with E-state index in [1.165, 1.54) is 0 Å². The molecule has 0 aliphatic rings. The van der Waals surface area contributed by atoms with Gasteiger partial charge in [0.15, 0.2) is 0 Å². The van der Waals surface area contributed by atoms with Gasteiger partial charge in [0.05, 0.1) is 17.3 Å². The van der Waals surface area contributed by atoms with E-state index in [0.717, 1.165) is 5.52 Å². The Morgan fingerprint density at radius 2 is 1.89 bits per heavy atom. The fourth-order valence-electron chi connectivity index (χ4n) is 1.16. The van der Waals surface area contributed by atoms with Crippen LogP contribution in [0.1, 0.15) is 10.4 Å². The molecule has 2 aromatic rings. The van der Waals surface area contributed by atoms with Crippen LogP contribution >= 0.6 is 0 Å². The maximum Gasteiger partial charge on any atom is 0.490 e. The van der Waals surface area contributed by atoms with Crippen molar-refractivity contribution >= 4 is 17.4 Å². The molecule has 19 heavy (non-hydrogen) atoms. The van der Waals surface area contributed by atoms with E-state index in [-0.39, 0.29) is 0 Å². The molecule has 0 atom stereocenters. The Morgan fingerprint density at radius 1 is 1.32 bits per heavy atom. The van der Waals surface area contributed by atoms with E-state index in [4.69, 9.17) is 15.6 Å². The van der Waals surface area contributed by atoms with Crippen molar-refractivity contribution in [3.05, 3.63) is 36.4 Å². The second-order valence-electron chi connectivity index (χ2n) is 3.27. The van der Waals surface area contributed by atoms with Gasteiger partial charge in [-0.1, -0.05) is 0 Å². The molecule has 0 saturated heterocycles. The first-order valence-electron chi connectivity index (χ1n) is 4.74. The lowest BCUT2D eigenvalue weighted by atomic mass is 10.3. The van der Waals surface area contributed by atoms with Gasteiger partial charge in [-0.3, -0.25) is 9.78 Å². The van der Waals surface area contributed by atoms with Crippen molar-refractivity contribution in [2.24, 2.45) is 5.73 Å². The second-order valence-corrected chi connectivity index (χ2v) is 3.27. The number of carbonyl (C=O) groups is 2. The highest BCUT2D eigenvalue weighted by atomic mass is 19.4. The fraction of sp³-hybridized carbons (Fsp3) is 0.100. The van der Waals surface area contributed by atoms with Crippen molar-refractivity contribution < 1.29 is 27.9 Å². The van der Waals surface area contributed by atoms with Gasteiger partial charge in [0, 0.05) is 18.6 Å². The summed E-state index contributed by atoms with van der Waals surface area (Å²) in [6.45, 7) is 0. The minimum absolute atomic E-state index is 0.425. The third kappa shape index (κ3) is 3.69. The van der Waals surface area contributed by atoms with E-state index in [9.17, 15) is 18.0 Å². The molecule has 0 saturated carbocycles. The molecule has 0 fully saturated rings. The van der Waals surface area contributed by atoms with Crippen LogP contribution in [0.3, 0.4) is 0 Å². The molecule has 0 aromatic carbocycles. The third-order valence-electron chi connectivity index (χ3n) is 1.97. The van der Waals surface area contributed by atoms with Crippen molar-refractivity contribution in [3.63, 3.8) is 0 Å². The van der Waals surface area contributed by atoms with Crippen LogP contribution in [-0.4, -0.2) is 32.5 Å². The molecule has 0 spiro atoms. The molecule has 9 heteroatoms. The summed E-state index contributed by atoms with van der Waals surface area (Å²) in [4.78, 5) is 23.7. The monoisotopic (exact) mass is 275 g/mol. The van der Waals surface area contributed by atoms with Gasteiger partial charge in [0.2, 0.25) is 0 Å². The van der Waals surface area contributed by atoms with E-state index in [0.29, 0.717) is 5.56 Å². The second kappa shape index (κ2) is 5.38. The maximum atomic E-state index is 10.9. The SMILES string of the molecule is NC(=O)c1ccn2ccncc12.O=C(O)C(F)(F)F. The number of carboxylic acids is 1. The van der Waals surface area contributed by atoms with Crippen molar-refractivity contribution in [1.82, 2.24) is 9.38 Å². The van der Waals surface area contributed by atoms with Crippen LogP contribution in [-0.2, 0) is 4.79 Å². The van der Waals surface area contributed by atoms with Gasteiger partial charge in [-0.2, -0.15) is 13.2 Å². The summed E-state index contributed by atoms with van der Waals surface area (Å²) >= 11 is 0. The standard InChI is InChI=1S/C8H7N3O.C2HF3O2/c9-8(12)6-1-3-11-4-2-10-5-7(6)11;3-2(4,5)1(6)7/h1-5H,(H2,9,12);(H,6,7). The first-order chi connectivity index (χ1) is 8.73. The Hall–Kier alpha value is -2.58. The lowest BCUT2D eigenvalue weighted by Crippen LogP contribution is -2.21.